The molecule has 0 spiro atoms. The number of nitrogens with one attached hydrogen (secondary N) is 2. The van der Waals surface area contributed by atoms with Crippen molar-refractivity contribution in [2.45, 2.75) is 13.0 Å². The molecule has 0 saturated carbocycles. The lowest BCUT2D eigenvalue weighted by molar-refractivity contribution is -0.122. The van der Waals surface area contributed by atoms with E-state index in [0.29, 0.717) is 0 Å². The number of rotatable bonds is 4. The van der Waals surface area contributed by atoms with Gasteiger partial charge in [0.05, 0.1) is 6.61 Å². The second-order valence-corrected chi connectivity index (χ2v) is 2.19. The van der Waals surface area contributed by atoms with Gasteiger partial charge in [-0.1, -0.05) is 0 Å². The molecule has 6 nitrogen and oxygen atoms in total. The Hall–Kier alpha value is -1.30. The number of aliphatic hydroxyl groups excluding tert-OH is 1. The fraction of sp³-hybridized carbons (Fsp3) is 0.667. The van der Waals surface area contributed by atoms with Gasteiger partial charge in [-0.2, -0.15) is 0 Å². The zero-order valence-electron chi connectivity index (χ0n) is 6.70. The highest BCUT2D eigenvalue weighted by Crippen LogP contribution is 1.80. The molecule has 2 amide bonds. The van der Waals surface area contributed by atoms with Crippen LogP contribution in [0.3, 0.4) is 0 Å². The van der Waals surface area contributed by atoms with E-state index >= 15 is 0 Å². The molecule has 1 unspecified atom stereocenters. The number of carboxylic acid groups (broad SMARTS) is 1. The van der Waals surface area contributed by atoms with Gasteiger partial charge in [-0.3, -0.25) is 4.79 Å². The largest absolute Gasteiger partial charge is 0.465 e. The van der Waals surface area contributed by atoms with Crippen molar-refractivity contribution >= 4 is 12.0 Å². The molecule has 0 aliphatic rings. The normalized spacial score (nSPS) is 11.8. The van der Waals surface area contributed by atoms with E-state index in [0.717, 1.165) is 0 Å². The van der Waals surface area contributed by atoms with Crippen LogP contribution in [-0.2, 0) is 4.79 Å². The zero-order chi connectivity index (χ0) is 9.56. The number of carbonyl (C=O) groups is 2. The molecule has 4 N–H and O–H groups in total. The van der Waals surface area contributed by atoms with Crippen LogP contribution in [-0.4, -0.2) is 41.4 Å². The highest BCUT2D eigenvalue weighted by molar-refractivity contribution is 5.84. The molecule has 0 aromatic rings. The van der Waals surface area contributed by atoms with Crippen LogP contribution in [0.1, 0.15) is 6.92 Å². The summed E-state index contributed by atoms with van der Waals surface area (Å²) in [5.41, 5.74) is 0. The summed E-state index contributed by atoms with van der Waals surface area (Å²) in [6.45, 7) is 1.39. The van der Waals surface area contributed by atoms with Gasteiger partial charge in [0, 0.05) is 6.54 Å². The van der Waals surface area contributed by atoms with Gasteiger partial charge < -0.3 is 20.8 Å². The van der Waals surface area contributed by atoms with Crippen LogP contribution in [0.2, 0.25) is 0 Å². The second kappa shape index (κ2) is 5.36. The first-order chi connectivity index (χ1) is 5.57. The number of hydrogen-bond donors (Lipinski definition) is 4. The van der Waals surface area contributed by atoms with E-state index in [1.54, 1.807) is 0 Å². The summed E-state index contributed by atoms with van der Waals surface area (Å²) in [5.74, 6) is -0.452. The van der Waals surface area contributed by atoms with Crippen LogP contribution in [0.15, 0.2) is 0 Å². The molecule has 0 saturated heterocycles. The molecule has 0 aromatic carbocycles. The van der Waals surface area contributed by atoms with E-state index < -0.39 is 18.0 Å². The Kier molecular flexibility index (Phi) is 4.78. The molecule has 0 aliphatic carbocycles. The number of aliphatic hydroxyl groups is 1. The Morgan fingerprint density at radius 1 is 1.50 bits per heavy atom. The van der Waals surface area contributed by atoms with E-state index in [1.807, 2.05) is 5.32 Å². The third-order valence-electron chi connectivity index (χ3n) is 1.14. The third-order valence-corrected chi connectivity index (χ3v) is 1.14. The monoisotopic (exact) mass is 176 g/mol. The smallest absolute Gasteiger partial charge is 0.405 e. The van der Waals surface area contributed by atoms with Gasteiger partial charge in [-0.05, 0) is 6.92 Å². The quantitative estimate of drug-likeness (QED) is 0.430. The maximum atomic E-state index is 10.9. The summed E-state index contributed by atoms with van der Waals surface area (Å²) in [6, 6.07) is -0.797. The fourth-order valence-corrected chi connectivity index (χ4v) is 0.583. The summed E-state index contributed by atoms with van der Waals surface area (Å²) >= 11 is 0. The Balaban J connectivity index is 3.69. The van der Waals surface area contributed by atoms with Crippen molar-refractivity contribution in [1.82, 2.24) is 10.6 Å². The fourth-order valence-electron chi connectivity index (χ4n) is 0.583. The summed E-state index contributed by atoms with van der Waals surface area (Å²) < 4.78 is 0. The minimum Gasteiger partial charge on any atom is -0.465 e. The molecule has 0 bridgehead atoms. The minimum absolute atomic E-state index is 0.129. The predicted octanol–water partition coefficient (Wildman–Crippen LogP) is -1.25. The summed E-state index contributed by atoms with van der Waals surface area (Å²) in [6.07, 6.45) is -1.25. The molecule has 0 fully saturated rings. The Morgan fingerprint density at radius 3 is 2.50 bits per heavy atom. The zero-order valence-corrected chi connectivity index (χ0v) is 6.70. The molecule has 70 valence electrons. The molecule has 1 atom stereocenters. The first kappa shape index (κ1) is 10.7. The summed E-state index contributed by atoms with van der Waals surface area (Å²) in [5, 5.41) is 20.8. The Labute approximate surface area is 69.6 Å². The van der Waals surface area contributed by atoms with E-state index in [-0.39, 0.29) is 13.2 Å². The predicted molar refractivity (Wildman–Crippen MR) is 40.7 cm³/mol. The van der Waals surface area contributed by atoms with Gasteiger partial charge in [0.2, 0.25) is 5.91 Å². The lowest BCUT2D eigenvalue weighted by Gasteiger charge is -2.10. The van der Waals surface area contributed by atoms with Crippen molar-refractivity contribution in [3.8, 4) is 0 Å². The molecule has 0 rings (SSSR count). The highest BCUT2D eigenvalue weighted by atomic mass is 16.4. The molecule has 6 heteroatoms. The van der Waals surface area contributed by atoms with Gasteiger partial charge >= 0.3 is 6.09 Å². The molecule has 0 aromatic heterocycles. The summed E-state index contributed by atoms with van der Waals surface area (Å²) in [4.78, 5) is 20.9. The molecular weight excluding hydrogens is 164 g/mol. The van der Waals surface area contributed by atoms with Crippen LogP contribution >= 0.6 is 0 Å². The van der Waals surface area contributed by atoms with E-state index in [4.69, 9.17) is 10.2 Å². The summed E-state index contributed by atoms with van der Waals surface area (Å²) in [7, 11) is 0. The van der Waals surface area contributed by atoms with Crippen molar-refractivity contribution in [1.29, 1.82) is 0 Å². The van der Waals surface area contributed by atoms with Gasteiger partial charge in [-0.15, -0.1) is 0 Å². The Morgan fingerprint density at radius 2 is 2.08 bits per heavy atom. The molecule has 0 aliphatic heterocycles. The minimum atomic E-state index is -1.25. The topological polar surface area (TPSA) is 98.7 Å². The second-order valence-electron chi connectivity index (χ2n) is 2.19. The standard InChI is InChI=1S/C6H12N2O4/c1-4(8-6(11)12)5(10)7-2-3-9/h4,8-9H,2-3H2,1H3,(H,7,10)(H,11,12). The lowest BCUT2D eigenvalue weighted by atomic mass is 10.3. The molecule has 0 radical (unpaired) electrons. The van der Waals surface area contributed by atoms with Crippen molar-refractivity contribution in [2.75, 3.05) is 13.2 Å². The van der Waals surface area contributed by atoms with Gasteiger partial charge in [-0.25, -0.2) is 4.79 Å². The van der Waals surface area contributed by atoms with Crippen LogP contribution in [0.25, 0.3) is 0 Å². The van der Waals surface area contributed by atoms with Crippen LogP contribution in [0.5, 0.6) is 0 Å². The van der Waals surface area contributed by atoms with E-state index in [2.05, 4.69) is 5.32 Å². The van der Waals surface area contributed by atoms with E-state index in [9.17, 15) is 9.59 Å². The maximum Gasteiger partial charge on any atom is 0.405 e. The first-order valence-electron chi connectivity index (χ1n) is 3.46. The highest BCUT2D eigenvalue weighted by Gasteiger charge is 2.13. The van der Waals surface area contributed by atoms with Crippen molar-refractivity contribution in [3.05, 3.63) is 0 Å². The SMILES string of the molecule is CC(NC(=O)O)C(=O)NCCO. The maximum absolute atomic E-state index is 10.9. The van der Waals surface area contributed by atoms with Gasteiger partial charge in [0.1, 0.15) is 6.04 Å². The van der Waals surface area contributed by atoms with Crippen molar-refractivity contribution < 1.29 is 19.8 Å². The molecular formula is C6H12N2O4. The van der Waals surface area contributed by atoms with Crippen LogP contribution < -0.4 is 10.6 Å². The van der Waals surface area contributed by atoms with Crippen molar-refractivity contribution in [2.24, 2.45) is 0 Å². The average Bonchev–Trinajstić information content (AvgIpc) is 1.98. The first-order valence-corrected chi connectivity index (χ1v) is 3.46. The number of carbonyl (C=O) groups excluding carboxylic acids is 1. The molecule has 0 heterocycles. The average molecular weight is 176 g/mol. The van der Waals surface area contributed by atoms with Gasteiger partial charge in [0.15, 0.2) is 0 Å². The molecule has 12 heavy (non-hydrogen) atoms. The van der Waals surface area contributed by atoms with Gasteiger partial charge in [0.25, 0.3) is 0 Å². The lowest BCUT2D eigenvalue weighted by Crippen LogP contribution is -2.44. The van der Waals surface area contributed by atoms with Crippen LogP contribution in [0.4, 0.5) is 4.79 Å². The van der Waals surface area contributed by atoms with Crippen LogP contribution in [0, 0.1) is 0 Å². The number of amides is 2. The van der Waals surface area contributed by atoms with E-state index in [1.165, 1.54) is 6.92 Å². The van der Waals surface area contributed by atoms with Crippen molar-refractivity contribution in [3.63, 3.8) is 0 Å². The number of hydrogen-bond acceptors (Lipinski definition) is 3. The Bertz CT molecular complexity index is 171. The third kappa shape index (κ3) is 4.51.